The van der Waals surface area contributed by atoms with Gasteiger partial charge in [0.1, 0.15) is 0 Å². The Balaban J connectivity index is 1.62. The lowest BCUT2D eigenvalue weighted by Crippen LogP contribution is -2.32. The first-order valence-electron chi connectivity index (χ1n) is 7.89. The van der Waals surface area contributed by atoms with Gasteiger partial charge in [-0.25, -0.2) is 0 Å². The molecule has 1 amide bonds. The number of hydrogen-bond acceptors (Lipinski definition) is 3. The quantitative estimate of drug-likeness (QED) is 0.844. The van der Waals surface area contributed by atoms with E-state index in [2.05, 4.69) is 34.5 Å². The van der Waals surface area contributed by atoms with Crippen molar-refractivity contribution in [2.24, 2.45) is 0 Å². The lowest BCUT2D eigenvalue weighted by atomic mass is 10.1. The zero-order valence-electron chi connectivity index (χ0n) is 13.6. The van der Waals surface area contributed by atoms with E-state index in [-0.39, 0.29) is 5.91 Å². The summed E-state index contributed by atoms with van der Waals surface area (Å²) in [6.45, 7) is 0.405. The van der Waals surface area contributed by atoms with Gasteiger partial charge in [-0.2, -0.15) is 0 Å². The highest BCUT2D eigenvalue weighted by molar-refractivity contribution is 7.98. The molecule has 3 rings (SSSR count). The Morgan fingerprint density at radius 3 is 2.91 bits per heavy atom. The molecule has 0 saturated heterocycles. The molecular formula is C19H22N2OS. The lowest BCUT2D eigenvalue weighted by molar-refractivity contribution is -0.117. The Morgan fingerprint density at radius 2 is 2.09 bits per heavy atom. The van der Waals surface area contributed by atoms with Gasteiger partial charge in [-0.05, 0) is 55.5 Å². The van der Waals surface area contributed by atoms with Crippen molar-refractivity contribution in [2.45, 2.75) is 23.8 Å². The Morgan fingerprint density at radius 1 is 1.26 bits per heavy atom. The average Bonchev–Trinajstić information content (AvgIpc) is 2.99. The molecule has 1 atom stereocenters. The fourth-order valence-electron chi connectivity index (χ4n) is 3.23. The van der Waals surface area contributed by atoms with E-state index < -0.39 is 0 Å². The topological polar surface area (TPSA) is 32.3 Å². The minimum Gasteiger partial charge on any atom is -0.325 e. The maximum Gasteiger partial charge on any atom is 0.238 e. The molecule has 0 heterocycles. The number of carbonyl (C=O) groups excluding carboxylic acids is 1. The fraction of sp³-hybridized carbons (Fsp3) is 0.316. The van der Waals surface area contributed by atoms with Crippen molar-refractivity contribution in [3.63, 3.8) is 0 Å². The first-order chi connectivity index (χ1) is 11.2. The van der Waals surface area contributed by atoms with Gasteiger partial charge in [0.15, 0.2) is 0 Å². The van der Waals surface area contributed by atoms with Crippen LogP contribution in [0.15, 0.2) is 53.4 Å². The minimum absolute atomic E-state index is 0.0372. The summed E-state index contributed by atoms with van der Waals surface area (Å²) in [6, 6.07) is 16.8. The van der Waals surface area contributed by atoms with Crippen molar-refractivity contribution in [3.05, 3.63) is 59.7 Å². The zero-order valence-corrected chi connectivity index (χ0v) is 14.4. The molecule has 3 nitrogen and oxygen atoms in total. The van der Waals surface area contributed by atoms with Crippen LogP contribution in [0.2, 0.25) is 0 Å². The van der Waals surface area contributed by atoms with Crippen LogP contribution in [0.3, 0.4) is 0 Å². The summed E-state index contributed by atoms with van der Waals surface area (Å²) in [7, 11) is 2.03. The van der Waals surface area contributed by atoms with E-state index in [1.54, 1.807) is 11.8 Å². The molecule has 120 valence electrons. The average molecular weight is 326 g/mol. The molecule has 1 aliphatic carbocycles. The first kappa shape index (κ1) is 16.1. The molecule has 0 unspecified atom stereocenters. The monoisotopic (exact) mass is 326 g/mol. The molecule has 2 aromatic rings. The summed E-state index contributed by atoms with van der Waals surface area (Å²) in [5.41, 5.74) is 3.65. The van der Waals surface area contributed by atoms with Crippen molar-refractivity contribution >= 4 is 23.4 Å². The second kappa shape index (κ2) is 7.20. The summed E-state index contributed by atoms with van der Waals surface area (Å²) in [5, 5.41) is 3.00. The van der Waals surface area contributed by atoms with E-state index >= 15 is 0 Å². The number of fused-ring (bicyclic) bond motifs is 1. The predicted molar refractivity (Wildman–Crippen MR) is 97.0 cm³/mol. The molecule has 2 aromatic carbocycles. The highest BCUT2D eigenvalue weighted by Gasteiger charge is 2.26. The van der Waals surface area contributed by atoms with Crippen LogP contribution in [0.25, 0.3) is 0 Å². The van der Waals surface area contributed by atoms with Crippen molar-refractivity contribution in [3.8, 4) is 0 Å². The third kappa shape index (κ3) is 3.77. The van der Waals surface area contributed by atoms with Crippen LogP contribution in [0.4, 0.5) is 5.69 Å². The highest BCUT2D eigenvalue weighted by Crippen LogP contribution is 2.34. The largest absolute Gasteiger partial charge is 0.325 e. The third-order valence-electron chi connectivity index (χ3n) is 4.38. The number of nitrogens with zero attached hydrogens (tertiary/aromatic N) is 1. The van der Waals surface area contributed by atoms with E-state index in [4.69, 9.17) is 0 Å². The van der Waals surface area contributed by atoms with Crippen LogP contribution in [-0.4, -0.2) is 30.7 Å². The number of amides is 1. The molecule has 0 fully saturated rings. The summed E-state index contributed by atoms with van der Waals surface area (Å²) in [5.74, 6) is 0.0372. The molecule has 0 spiro atoms. The van der Waals surface area contributed by atoms with E-state index in [0.29, 0.717) is 12.6 Å². The van der Waals surface area contributed by atoms with Gasteiger partial charge in [-0.3, -0.25) is 9.69 Å². The van der Waals surface area contributed by atoms with Crippen LogP contribution in [0, 0.1) is 0 Å². The van der Waals surface area contributed by atoms with Crippen LogP contribution in [0.1, 0.15) is 23.6 Å². The summed E-state index contributed by atoms with van der Waals surface area (Å²) in [4.78, 5) is 15.6. The summed E-state index contributed by atoms with van der Waals surface area (Å²) in [6.07, 6.45) is 4.22. The molecular weight excluding hydrogens is 304 g/mol. The standard InChI is InChI=1S/C19H22N2OS/c1-21(18-11-10-14-6-3-4-9-17(14)18)13-19(22)20-15-7-5-8-16(12-15)23-2/h3-9,12,18H,10-11,13H2,1-2H3,(H,20,22)/t18-/m1/s1. The number of anilines is 1. The summed E-state index contributed by atoms with van der Waals surface area (Å²) < 4.78 is 0. The van der Waals surface area contributed by atoms with Gasteiger partial charge >= 0.3 is 0 Å². The fourth-order valence-corrected chi connectivity index (χ4v) is 3.69. The Bertz CT molecular complexity index is 701. The number of benzene rings is 2. The number of nitrogens with one attached hydrogen (secondary N) is 1. The van der Waals surface area contributed by atoms with Crippen molar-refractivity contribution in [1.29, 1.82) is 0 Å². The Kier molecular flexibility index (Phi) is 5.03. The van der Waals surface area contributed by atoms with Crippen molar-refractivity contribution < 1.29 is 4.79 Å². The molecule has 0 aromatic heterocycles. The maximum atomic E-state index is 12.3. The van der Waals surface area contributed by atoms with Gasteiger partial charge in [-0.1, -0.05) is 30.3 Å². The number of rotatable bonds is 5. The second-order valence-corrected chi connectivity index (χ2v) is 6.83. The third-order valence-corrected chi connectivity index (χ3v) is 5.11. The molecule has 0 bridgehead atoms. The maximum absolute atomic E-state index is 12.3. The normalized spacial score (nSPS) is 16.4. The second-order valence-electron chi connectivity index (χ2n) is 5.95. The van der Waals surface area contributed by atoms with Gasteiger partial charge in [0.2, 0.25) is 5.91 Å². The molecule has 1 N–H and O–H groups in total. The number of carbonyl (C=O) groups is 1. The van der Waals surface area contributed by atoms with Crippen LogP contribution >= 0.6 is 11.8 Å². The zero-order chi connectivity index (χ0) is 16.2. The van der Waals surface area contributed by atoms with Crippen molar-refractivity contribution in [1.82, 2.24) is 4.90 Å². The van der Waals surface area contributed by atoms with Crippen LogP contribution in [-0.2, 0) is 11.2 Å². The smallest absolute Gasteiger partial charge is 0.238 e. The summed E-state index contributed by atoms with van der Waals surface area (Å²) >= 11 is 1.67. The number of thioether (sulfide) groups is 1. The van der Waals surface area contributed by atoms with Crippen LogP contribution < -0.4 is 5.32 Å². The molecule has 4 heteroatoms. The lowest BCUT2D eigenvalue weighted by Gasteiger charge is -2.24. The number of aryl methyl sites for hydroxylation is 1. The highest BCUT2D eigenvalue weighted by atomic mass is 32.2. The molecule has 0 saturated carbocycles. The van der Waals surface area contributed by atoms with Gasteiger partial charge in [0, 0.05) is 16.6 Å². The van der Waals surface area contributed by atoms with Crippen LogP contribution in [0.5, 0.6) is 0 Å². The number of likely N-dealkylation sites (N-methyl/N-ethyl adjacent to an activating group) is 1. The minimum atomic E-state index is 0.0372. The van der Waals surface area contributed by atoms with E-state index in [1.165, 1.54) is 11.1 Å². The SMILES string of the molecule is CSc1cccc(NC(=O)CN(C)[C@@H]2CCc3ccccc32)c1. The Hall–Kier alpha value is -1.78. The molecule has 0 radical (unpaired) electrons. The van der Waals surface area contributed by atoms with Gasteiger partial charge < -0.3 is 5.32 Å². The molecule has 0 aliphatic heterocycles. The Labute approximate surface area is 142 Å². The van der Waals surface area contributed by atoms with Crippen molar-refractivity contribution in [2.75, 3.05) is 25.2 Å². The molecule has 23 heavy (non-hydrogen) atoms. The number of hydrogen-bond donors (Lipinski definition) is 1. The molecule has 1 aliphatic rings. The van der Waals surface area contributed by atoms with E-state index in [9.17, 15) is 4.79 Å². The first-order valence-corrected chi connectivity index (χ1v) is 9.12. The van der Waals surface area contributed by atoms with Gasteiger partial charge in [-0.15, -0.1) is 11.8 Å². The predicted octanol–water partition coefficient (Wildman–Crippen LogP) is 3.97. The van der Waals surface area contributed by atoms with E-state index in [0.717, 1.165) is 23.4 Å². The van der Waals surface area contributed by atoms with E-state index in [1.807, 2.05) is 37.6 Å². The van der Waals surface area contributed by atoms with Gasteiger partial charge in [0.25, 0.3) is 0 Å². The van der Waals surface area contributed by atoms with Gasteiger partial charge in [0.05, 0.1) is 6.54 Å².